The number of benzene rings is 1. The molecule has 3 rings (SSSR count). The number of amides is 1. The Labute approximate surface area is 117 Å². The molecule has 0 spiro atoms. The van der Waals surface area contributed by atoms with Gasteiger partial charge in [0.05, 0.1) is 5.69 Å². The van der Waals surface area contributed by atoms with E-state index >= 15 is 0 Å². The number of pyridine rings is 1. The average Bonchev–Trinajstić information content (AvgIpc) is 2.45. The number of rotatable bonds is 3. The topological polar surface area (TPSA) is 51.2 Å². The first kappa shape index (κ1) is 12.7. The molecule has 1 aliphatic heterocycles. The van der Waals surface area contributed by atoms with E-state index in [1.54, 1.807) is 0 Å². The molecule has 0 unspecified atom stereocenters. The van der Waals surface area contributed by atoms with Crippen LogP contribution in [0.4, 0.5) is 5.69 Å². The zero-order valence-electron chi connectivity index (χ0n) is 11.3. The molecule has 1 aromatic carbocycles. The van der Waals surface area contributed by atoms with Crippen LogP contribution in [0.3, 0.4) is 0 Å². The van der Waals surface area contributed by atoms with Crippen molar-refractivity contribution in [3.05, 3.63) is 53.3 Å². The third-order valence-corrected chi connectivity index (χ3v) is 3.31. The Morgan fingerprint density at radius 1 is 1.25 bits per heavy atom. The summed E-state index contributed by atoms with van der Waals surface area (Å²) in [5, 5.41) is 2.87. The quantitative estimate of drug-likeness (QED) is 0.931. The third-order valence-electron chi connectivity index (χ3n) is 3.31. The van der Waals surface area contributed by atoms with Gasteiger partial charge in [0.1, 0.15) is 12.4 Å². The van der Waals surface area contributed by atoms with Crippen LogP contribution in [0.25, 0.3) is 0 Å². The molecule has 2 aromatic rings. The molecular weight excluding hydrogens is 252 g/mol. The van der Waals surface area contributed by atoms with Gasteiger partial charge in [0.2, 0.25) is 5.91 Å². The number of nitrogens with zero attached hydrogens (tertiary/aromatic N) is 1. The molecule has 0 aliphatic carbocycles. The second kappa shape index (κ2) is 5.33. The third kappa shape index (κ3) is 2.79. The largest absolute Gasteiger partial charge is 0.487 e. The number of fused-ring (bicyclic) bond motifs is 1. The van der Waals surface area contributed by atoms with Gasteiger partial charge < -0.3 is 10.1 Å². The van der Waals surface area contributed by atoms with Crippen LogP contribution in [0.1, 0.15) is 23.4 Å². The second-order valence-corrected chi connectivity index (χ2v) is 4.93. The maximum Gasteiger partial charge on any atom is 0.224 e. The van der Waals surface area contributed by atoms with Gasteiger partial charge in [-0.05, 0) is 37.1 Å². The lowest BCUT2D eigenvalue weighted by atomic mass is 10.0. The van der Waals surface area contributed by atoms with Gasteiger partial charge >= 0.3 is 0 Å². The summed E-state index contributed by atoms with van der Waals surface area (Å²) in [6.07, 6.45) is 1.35. The summed E-state index contributed by atoms with van der Waals surface area (Å²) in [6.45, 7) is 2.38. The SMILES string of the molecule is Cc1cccc(COc2ccc3c(c2)NC(=O)CC3)n1. The van der Waals surface area contributed by atoms with Crippen molar-refractivity contribution in [3.8, 4) is 5.75 Å². The molecule has 20 heavy (non-hydrogen) atoms. The number of hydrogen-bond donors (Lipinski definition) is 1. The number of carbonyl (C=O) groups is 1. The van der Waals surface area contributed by atoms with Gasteiger partial charge in [0.25, 0.3) is 0 Å². The molecule has 0 saturated heterocycles. The minimum absolute atomic E-state index is 0.0648. The first-order valence-corrected chi connectivity index (χ1v) is 6.69. The molecule has 1 aliphatic rings. The van der Waals surface area contributed by atoms with Crippen molar-refractivity contribution < 1.29 is 9.53 Å². The Balaban J connectivity index is 1.72. The van der Waals surface area contributed by atoms with E-state index in [1.807, 2.05) is 43.3 Å². The van der Waals surface area contributed by atoms with Crippen LogP contribution in [0.2, 0.25) is 0 Å². The Morgan fingerprint density at radius 2 is 2.15 bits per heavy atom. The minimum atomic E-state index is 0.0648. The fourth-order valence-corrected chi connectivity index (χ4v) is 2.28. The summed E-state index contributed by atoms with van der Waals surface area (Å²) < 4.78 is 5.73. The molecule has 4 heteroatoms. The van der Waals surface area contributed by atoms with E-state index in [9.17, 15) is 4.79 Å². The van der Waals surface area contributed by atoms with Gasteiger partial charge in [0, 0.05) is 23.9 Å². The van der Waals surface area contributed by atoms with Crippen molar-refractivity contribution in [2.45, 2.75) is 26.4 Å². The van der Waals surface area contributed by atoms with Crippen LogP contribution in [0.5, 0.6) is 5.75 Å². The molecule has 0 saturated carbocycles. The van der Waals surface area contributed by atoms with Crippen molar-refractivity contribution in [2.75, 3.05) is 5.32 Å². The van der Waals surface area contributed by atoms with E-state index in [4.69, 9.17) is 4.74 Å². The Morgan fingerprint density at radius 3 is 3.00 bits per heavy atom. The molecule has 1 amide bonds. The molecule has 102 valence electrons. The van der Waals surface area contributed by atoms with Crippen LogP contribution in [0, 0.1) is 6.92 Å². The number of anilines is 1. The Kier molecular flexibility index (Phi) is 3.37. The summed E-state index contributed by atoms with van der Waals surface area (Å²) in [5.41, 5.74) is 3.89. The lowest BCUT2D eigenvalue weighted by Gasteiger charge is -2.17. The van der Waals surface area contributed by atoms with Crippen molar-refractivity contribution in [3.63, 3.8) is 0 Å². The van der Waals surface area contributed by atoms with Crippen molar-refractivity contribution in [1.29, 1.82) is 0 Å². The zero-order chi connectivity index (χ0) is 13.9. The molecule has 4 nitrogen and oxygen atoms in total. The minimum Gasteiger partial charge on any atom is -0.487 e. The summed E-state index contributed by atoms with van der Waals surface area (Å²) in [4.78, 5) is 15.8. The van der Waals surface area contributed by atoms with E-state index in [0.29, 0.717) is 13.0 Å². The molecule has 0 atom stereocenters. The smallest absolute Gasteiger partial charge is 0.224 e. The van der Waals surface area contributed by atoms with Crippen LogP contribution in [-0.2, 0) is 17.8 Å². The van der Waals surface area contributed by atoms with Gasteiger partial charge in [-0.3, -0.25) is 9.78 Å². The van der Waals surface area contributed by atoms with Gasteiger partial charge in [-0.15, -0.1) is 0 Å². The van der Waals surface area contributed by atoms with E-state index in [2.05, 4.69) is 10.3 Å². The number of nitrogens with one attached hydrogen (secondary N) is 1. The van der Waals surface area contributed by atoms with Crippen LogP contribution in [0.15, 0.2) is 36.4 Å². The summed E-state index contributed by atoms with van der Waals surface area (Å²) in [6, 6.07) is 11.7. The highest BCUT2D eigenvalue weighted by atomic mass is 16.5. The average molecular weight is 268 g/mol. The van der Waals surface area contributed by atoms with E-state index < -0.39 is 0 Å². The first-order valence-electron chi connectivity index (χ1n) is 6.69. The number of carbonyl (C=O) groups excluding carboxylic acids is 1. The number of ether oxygens (including phenoxy) is 1. The van der Waals surface area contributed by atoms with E-state index in [1.165, 1.54) is 0 Å². The molecule has 0 bridgehead atoms. The highest BCUT2D eigenvalue weighted by Crippen LogP contribution is 2.27. The number of aromatic nitrogens is 1. The summed E-state index contributed by atoms with van der Waals surface area (Å²) in [5.74, 6) is 0.809. The molecule has 1 aromatic heterocycles. The molecule has 0 radical (unpaired) electrons. The molecule has 0 fully saturated rings. The summed E-state index contributed by atoms with van der Waals surface area (Å²) in [7, 11) is 0. The second-order valence-electron chi connectivity index (χ2n) is 4.93. The number of hydrogen-bond acceptors (Lipinski definition) is 3. The van der Waals surface area contributed by atoms with Crippen LogP contribution in [-0.4, -0.2) is 10.9 Å². The van der Waals surface area contributed by atoms with Gasteiger partial charge in [-0.25, -0.2) is 0 Å². The van der Waals surface area contributed by atoms with Crippen LogP contribution < -0.4 is 10.1 Å². The predicted molar refractivity (Wildman–Crippen MR) is 76.7 cm³/mol. The van der Waals surface area contributed by atoms with Crippen LogP contribution >= 0.6 is 0 Å². The molecular formula is C16H16N2O2. The van der Waals surface area contributed by atoms with Gasteiger partial charge in [0.15, 0.2) is 0 Å². The van der Waals surface area contributed by atoms with Gasteiger partial charge in [-0.2, -0.15) is 0 Å². The van der Waals surface area contributed by atoms with E-state index in [0.717, 1.165) is 34.8 Å². The Hall–Kier alpha value is -2.36. The maximum absolute atomic E-state index is 11.4. The lowest BCUT2D eigenvalue weighted by molar-refractivity contribution is -0.116. The highest BCUT2D eigenvalue weighted by Gasteiger charge is 2.15. The summed E-state index contributed by atoms with van der Waals surface area (Å²) >= 11 is 0. The fraction of sp³-hybridized carbons (Fsp3) is 0.250. The monoisotopic (exact) mass is 268 g/mol. The lowest BCUT2D eigenvalue weighted by Crippen LogP contribution is -2.18. The zero-order valence-corrected chi connectivity index (χ0v) is 11.3. The first-order chi connectivity index (χ1) is 9.70. The Bertz CT molecular complexity index is 653. The number of aryl methyl sites for hydroxylation is 2. The standard InChI is InChI=1S/C16H16N2O2/c1-11-3-2-4-13(17-11)10-20-14-7-5-12-6-8-16(19)18-15(12)9-14/h2-5,7,9H,6,8,10H2,1H3,(H,18,19). The highest BCUT2D eigenvalue weighted by molar-refractivity contribution is 5.94. The van der Waals surface area contributed by atoms with Gasteiger partial charge in [-0.1, -0.05) is 12.1 Å². The van der Waals surface area contributed by atoms with Crippen molar-refractivity contribution in [2.24, 2.45) is 0 Å². The predicted octanol–water partition coefficient (Wildman–Crippen LogP) is 2.85. The van der Waals surface area contributed by atoms with E-state index in [-0.39, 0.29) is 5.91 Å². The molecule has 1 N–H and O–H groups in total. The molecule has 2 heterocycles. The van der Waals surface area contributed by atoms with Crippen molar-refractivity contribution >= 4 is 11.6 Å². The normalized spacial score (nSPS) is 13.6. The maximum atomic E-state index is 11.4. The fourth-order valence-electron chi connectivity index (χ4n) is 2.28. The van der Waals surface area contributed by atoms with Crippen molar-refractivity contribution in [1.82, 2.24) is 4.98 Å².